The quantitative estimate of drug-likeness (QED) is 0.725. The van der Waals surface area contributed by atoms with Gasteiger partial charge in [-0.15, -0.1) is 0 Å². The highest BCUT2D eigenvalue weighted by Gasteiger charge is 2.17. The third-order valence-corrected chi connectivity index (χ3v) is 3.42. The van der Waals surface area contributed by atoms with Gasteiger partial charge in [-0.25, -0.2) is 4.99 Å². The predicted octanol–water partition coefficient (Wildman–Crippen LogP) is 4.89. The minimum atomic E-state index is 0.527. The molecule has 0 aliphatic carbocycles. The molecule has 2 nitrogen and oxygen atoms in total. The van der Waals surface area contributed by atoms with E-state index in [1.54, 1.807) is 18.5 Å². The average molecular weight is 272 g/mol. The number of aliphatic imine (C=N–C) groups is 1. The third-order valence-electron chi connectivity index (χ3n) is 2.52. The molecule has 0 radical (unpaired) electrons. The lowest BCUT2D eigenvalue weighted by molar-refractivity contribution is 1.52. The van der Waals surface area contributed by atoms with Gasteiger partial charge < -0.3 is 5.32 Å². The molecule has 80 valence electrons. The smallest absolute Gasteiger partial charge is 0.0934 e. The van der Waals surface area contributed by atoms with Crippen LogP contribution in [0.3, 0.4) is 0 Å². The van der Waals surface area contributed by atoms with Crippen LogP contribution in [0.4, 0.5) is 11.4 Å². The predicted molar refractivity (Wildman–Crippen MR) is 70.8 cm³/mol. The van der Waals surface area contributed by atoms with E-state index >= 15 is 0 Å². The van der Waals surface area contributed by atoms with Crippen molar-refractivity contribution >= 4 is 63.3 Å². The number of anilines is 1. The molecule has 1 N–H and O–H groups in total. The normalized spacial score (nSPS) is 12.9. The molecule has 0 saturated carbocycles. The molecule has 5 heteroatoms. The highest BCUT2D eigenvalue weighted by Crippen LogP contribution is 2.45. The first-order valence-electron chi connectivity index (χ1n) is 4.58. The van der Waals surface area contributed by atoms with E-state index in [4.69, 9.17) is 34.8 Å². The summed E-state index contributed by atoms with van der Waals surface area (Å²) in [5, 5.41) is 6.35. The van der Waals surface area contributed by atoms with Crippen molar-refractivity contribution in [2.75, 3.05) is 5.32 Å². The Kier molecular flexibility index (Phi) is 2.25. The van der Waals surface area contributed by atoms with Gasteiger partial charge in [-0.1, -0.05) is 34.8 Å². The van der Waals surface area contributed by atoms with Gasteiger partial charge in [0.05, 0.1) is 27.1 Å². The van der Waals surface area contributed by atoms with E-state index in [1.165, 1.54) is 0 Å². The summed E-state index contributed by atoms with van der Waals surface area (Å²) in [6.45, 7) is 0. The summed E-state index contributed by atoms with van der Waals surface area (Å²) >= 11 is 18.4. The van der Waals surface area contributed by atoms with Crippen LogP contribution in [0.1, 0.15) is 0 Å². The second-order valence-electron chi connectivity index (χ2n) is 3.44. The lowest BCUT2D eigenvalue weighted by Gasteiger charge is -2.16. The van der Waals surface area contributed by atoms with Gasteiger partial charge in [0, 0.05) is 16.5 Å². The molecule has 0 saturated heterocycles. The molecular formula is C11H5Cl3N2. The number of nitrogens with one attached hydrogen (secondary N) is 1. The second-order valence-corrected chi connectivity index (χ2v) is 4.66. The molecule has 1 heterocycles. The van der Waals surface area contributed by atoms with Crippen molar-refractivity contribution in [1.29, 1.82) is 0 Å². The Hall–Kier alpha value is -0.960. The molecule has 0 bridgehead atoms. The van der Waals surface area contributed by atoms with E-state index in [0.717, 1.165) is 16.5 Å². The molecule has 16 heavy (non-hydrogen) atoms. The fourth-order valence-electron chi connectivity index (χ4n) is 1.84. The maximum absolute atomic E-state index is 6.14. The van der Waals surface area contributed by atoms with Gasteiger partial charge in [0.2, 0.25) is 0 Å². The largest absolute Gasteiger partial charge is 0.346 e. The Morgan fingerprint density at radius 2 is 1.75 bits per heavy atom. The highest BCUT2D eigenvalue weighted by molar-refractivity contribution is 6.46. The van der Waals surface area contributed by atoms with Gasteiger partial charge in [-0.3, -0.25) is 0 Å². The lowest BCUT2D eigenvalue weighted by atomic mass is 10.1. The van der Waals surface area contributed by atoms with Crippen molar-refractivity contribution in [3.8, 4) is 0 Å². The van der Waals surface area contributed by atoms with Gasteiger partial charge >= 0.3 is 0 Å². The number of nitrogens with zero attached hydrogens (tertiary/aromatic N) is 1. The van der Waals surface area contributed by atoms with Crippen molar-refractivity contribution < 1.29 is 0 Å². The van der Waals surface area contributed by atoms with E-state index in [1.807, 2.05) is 6.07 Å². The maximum atomic E-state index is 6.14. The van der Waals surface area contributed by atoms with Gasteiger partial charge in [-0.2, -0.15) is 0 Å². The number of benzene rings is 2. The zero-order chi connectivity index (χ0) is 11.3. The van der Waals surface area contributed by atoms with Crippen molar-refractivity contribution in [3.05, 3.63) is 33.3 Å². The summed E-state index contributed by atoms with van der Waals surface area (Å²) in [6, 6.07) is 5.35. The molecule has 2 aromatic rings. The fraction of sp³-hybridized carbons (Fsp3) is 0. The van der Waals surface area contributed by atoms with Gasteiger partial charge in [0.15, 0.2) is 0 Å². The molecule has 2 aromatic carbocycles. The third kappa shape index (κ3) is 1.31. The monoisotopic (exact) mass is 270 g/mol. The highest BCUT2D eigenvalue weighted by atomic mass is 35.5. The van der Waals surface area contributed by atoms with Gasteiger partial charge in [0.25, 0.3) is 0 Å². The van der Waals surface area contributed by atoms with Crippen LogP contribution in [0, 0.1) is 0 Å². The maximum Gasteiger partial charge on any atom is 0.0934 e. The summed E-state index contributed by atoms with van der Waals surface area (Å²) in [5.41, 5.74) is 1.62. The Labute approximate surface area is 107 Å². The van der Waals surface area contributed by atoms with Crippen molar-refractivity contribution in [2.24, 2.45) is 4.99 Å². The van der Waals surface area contributed by atoms with Gasteiger partial charge in [0.1, 0.15) is 0 Å². The number of hydrogen-bond acceptors (Lipinski definition) is 2. The Bertz CT molecular complexity index is 635. The summed E-state index contributed by atoms with van der Waals surface area (Å²) in [7, 11) is 0. The van der Waals surface area contributed by atoms with Crippen LogP contribution < -0.4 is 5.32 Å². The van der Waals surface area contributed by atoms with Crippen LogP contribution in [-0.4, -0.2) is 6.34 Å². The molecular weight excluding hydrogens is 266 g/mol. The molecule has 0 spiro atoms. The minimum absolute atomic E-state index is 0.527. The average Bonchev–Trinajstić information content (AvgIpc) is 2.26. The van der Waals surface area contributed by atoms with Crippen LogP contribution in [0.25, 0.3) is 10.8 Å². The van der Waals surface area contributed by atoms with E-state index in [0.29, 0.717) is 20.8 Å². The topological polar surface area (TPSA) is 24.4 Å². The number of halogens is 3. The molecule has 0 atom stereocenters. The van der Waals surface area contributed by atoms with E-state index in [9.17, 15) is 0 Å². The van der Waals surface area contributed by atoms with E-state index < -0.39 is 0 Å². The molecule has 3 rings (SSSR count). The van der Waals surface area contributed by atoms with Crippen molar-refractivity contribution in [3.63, 3.8) is 0 Å². The molecule has 1 aliphatic heterocycles. The lowest BCUT2D eigenvalue weighted by Crippen LogP contribution is -2.00. The molecule has 0 fully saturated rings. The summed E-state index contributed by atoms with van der Waals surface area (Å²) < 4.78 is 0. The standard InChI is InChI=1S/C11H5Cl3N2/c12-5-1-2-8-10-9(5)6(13)3-7(14)11(10)16-4-15-8/h1-4H,(H,15,16). The Morgan fingerprint density at radius 3 is 2.56 bits per heavy atom. The zero-order valence-corrected chi connectivity index (χ0v) is 10.2. The number of rotatable bonds is 0. The summed E-state index contributed by atoms with van der Waals surface area (Å²) in [5.74, 6) is 0. The SMILES string of the molecule is Clc1cc(Cl)c2c(Cl)ccc3c2c1N=CN3. The number of hydrogen-bond donors (Lipinski definition) is 1. The fourth-order valence-corrected chi connectivity index (χ4v) is 2.76. The van der Waals surface area contributed by atoms with Crippen LogP contribution in [0.15, 0.2) is 23.2 Å². The first kappa shape index (κ1) is 10.2. The zero-order valence-electron chi connectivity index (χ0n) is 7.89. The summed E-state index contributed by atoms with van der Waals surface area (Å²) in [4.78, 5) is 4.21. The molecule has 0 aromatic heterocycles. The minimum Gasteiger partial charge on any atom is -0.346 e. The first-order valence-corrected chi connectivity index (χ1v) is 5.71. The van der Waals surface area contributed by atoms with Crippen LogP contribution in [0.2, 0.25) is 15.1 Å². The van der Waals surface area contributed by atoms with Gasteiger partial charge in [-0.05, 0) is 18.2 Å². The Morgan fingerprint density at radius 1 is 0.938 bits per heavy atom. The van der Waals surface area contributed by atoms with Crippen LogP contribution >= 0.6 is 34.8 Å². The van der Waals surface area contributed by atoms with E-state index in [2.05, 4.69) is 10.3 Å². The first-order chi connectivity index (χ1) is 7.68. The summed E-state index contributed by atoms with van der Waals surface area (Å²) in [6.07, 6.45) is 1.60. The van der Waals surface area contributed by atoms with Crippen molar-refractivity contribution in [2.45, 2.75) is 0 Å². The Balaban J connectivity index is 2.61. The molecule has 1 aliphatic rings. The van der Waals surface area contributed by atoms with Crippen molar-refractivity contribution in [1.82, 2.24) is 0 Å². The van der Waals surface area contributed by atoms with E-state index in [-0.39, 0.29) is 0 Å². The molecule has 0 unspecified atom stereocenters. The molecule has 0 amide bonds. The van der Waals surface area contributed by atoms with Crippen LogP contribution in [0.5, 0.6) is 0 Å². The second kappa shape index (κ2) is 3.52. The van der Waals surface area contributed by atoms with Crippen LogP contribution in [-0.2, 0) is 0 Å².